The van der Waals surface area contributed by atoms with E-state index in [1.54, 1.807) is 0 Å². The molecule has 0 aliphatic carbocycles. The zero-order chi connectivity index (χ0) is 12.0. The van der Waals surface area contributed by atoms with E-state index in [0.29, 0.717) is 5.92 Å². The van der Waals surface area contributed by atoms with Gasteiger partial charge in [-0.2, -0.15) is 0 Å². The lowest BCUT2D eigenvalue weighted by molar-refractivity contribution is 0.723. The molecule has 2 aromatic heterocycles. The molecule has 3 aromatic rings. The maximum Gasteiger partial charge on any atom is 0.112 e. The van der Waals surface area contributed by atoms with Crippen LogP contribution in [-0.4, -0.2) is 14.5 Å². The maximum absolute atomic E-state index is 4.66. The van der Waals surface area contributed by atoms with E-state index in [9.17, 15) is 0 Å². The molecule has 18 heavy (non-hydrogen) atoms. The fraction of sp³-hybridized carbons (Fsp3) is 0.286. The molecule has 0 saturated heterocycles. The first-order valence-electron chi connectivity index (χ1n) is 5.88. The highest BCUT2D eigenvalue weighted by atomic mass is 35.5. The highest BCUT2D eigenvalue weighted by Crippen LogP contribution is 2.26. The third kappa shape index (κ3) is 1.75. The quantitative estimate of drug-likeness (QED) is 0.669. The van der Waals surface area contributed by atoms with Crippen LogP contribution in [0, 0.1) is 0 Å². The lowest BCUT2D eigenvalue weighted by Gasteiger charge is -2.05. The Morgan fingerprint density at radius 3 is 2.56 bits per heavy atom. The molecule has 1 aromatic carbocycles. The summed E-state index contributed by atoms with van der Waals surface area (Å²) in [5, 5.41) is 1.17. The van der Waals surface area contributed by atoms with Crippen molar-refractivity contribution >= 4 is 34.3 Å². The molecule has 94 valence electrons. The number of nitrogens with zero attached hydrogens (tertiary/aromatic N) is 3. The molecule has 4 heteroatoms. The number of hydrogen-bond donors (Lipinski definition) is 0. The molecule has 0 aliphatic rings. The minimum absolute atomic E-state index is 0. The van der Waals surface area contributed by atoms with Gasteiger partial charge < -0.3 is 4.57 Å². The molecule has 0 N–H and O–H groups in total. The number of para-hydroxylation sites is 1. The monoisotopic (exact) mass is 261 g/mol. The van der Waals surface area contributed by atoms with Crippen LogP contribution in [0.4, 0.5) is 0 Å². The molecular weight excluding hydrogens is 246 g/mol. The number of imidazole rings is 1. The van der Waals surface area contributed by atoms with Crippen LogP contribution in [0.3, 0.4) is 0 Å². The summed E-state index contributed by atoms with van der Waals surface area (Å²) >= 11 is 0. The topological polar surface area (TPSA) is 30.7 Å². The Hall–Kier alpha value is -1.61. The Bertz CT molecular complexity index is 701. The van der Waals surface area contributed by atoms with E-state index >= 15 is 0 Å². The van der Waals surface area contributed by atoms with Crippen molar-refractivity contribution in [1.29, 1.82) is 0 Å². The lowest BCUT2D eigenvalue weighted by Crippen LogP contribution is -1.99. The number of halogens is 1. The molecule has 0 amide bonds. The molecule has 0 spiro atoms. The molecule has 0 saturated carbocycles. The van der Waals surface area contributed by atoms with Gasteiger partial charge in [0.2, 0.25) is 0 Å². The number of rotatable bonds is 1. The van der Waals surface area contributed by atoms with Gasteiger partial charge in [0.1, 0.15) is 11.3 Å². The Balaban J connectivity index is 0.00000120. The van der Waals surface area contributed by atoms with Crippen molar-refractivity contribution in [3.8, 4) is 0 Å². The van der Waals surface area contributed by atoms with Gasteiger partial charge in [-0.1, -0.05) is 32.0 Å². The van der Waals surface area contributed by atoms with Crippen molar-refractivity contribution in [2.24, 2.45) is 7.05 Å². The first-order valence-corrected chi connectivity index (χ1v) is 5.88. The average molecular weight is 262 g/mol. The van der Waals surface area contributed by atoms with Crippen LogP contribution in [0.2, 0.25) is 0 Å². The number of fused-ring (bicyclic) bond motifs is 3. The molecular formula is C14H16ClN3. The number of hydrogen-bond acceptors (Lipinski definition) is 2. The molecule has 2 heterocycles. The summed E-state index contributed by atoms with van der Waals surface area (Å²) in [6, 6.07) is 8.21. The third-order valence-electron chi connectivity index (χ3n) is 3.16. The summed E-state index contributed by atoms with van der Waals surface area (Å²) in [6.07, 6.45) is 1.86. The molecule has 3 rings (SSSR count). The van der Waals surface area contributed by atoms with E-state index in [4.69, 9.17) is 0 Å². The number of aryl methyl sites for hydroxylation is 1. The van der Waals surface area contributed by atoms with Crippen LogP contribution in [0.25, 0.3) is 21.9 Å². The van der Waals surface area contributed by atoms with E-state index < -0.39 is 0 Å². The summed E-state index contributed by atoms with van der Waals surface area (Å²) in [7, 11) is 2.08. The fourth-order valence-electron chi connectivity index (χ4n) is 2.38. The second-order valence-corrected chi connectivity index (χ2v) is 4.69. The zero-order valence-corrected chi connectivity index (χ0v) is 11.5. The highest BCUT2D eigenvalue weighted by molar-refractivity contribution is 6.02. The van der Waals surface area contributed by atoms with Gasteiger partial charge in [-0.05, 0) is 6.07 Å². The zero-order valence-electron chi connectivity index (χ0n) is 10.7. The van der Waals surface area contributed by atoms with Crippen LogP contribution in [0.1, 0.15) is 25.6 Å². The highest BCUT2D eigenvalue weighted by Gasteiger charge is 2.13. The summed E-state index contributed by atoms with van der Waals surface area (Å²) in [4.78, 5) is 9.11. The predicted molar refractivity (Wildman–Crippen MR) is 77.4 cm³/mol. The van der Waals surface area contributed by atoms with Crippen molar-refractivity contribution in [2.45, 2.75) is 19.8 Å². The Kier molecular flexibility index (Phi) is 3.26. The minimum atomic E-state index is 0. The van der Waals surface area contributed by atoms with E-state index in [1.807, 2.05) is 24.4 Å². The fourth-order valence-corrected chi connectivity index (χ4v) is 2.38. The summed E-state index contributed by atoms with van der Waals surface area (Å²) in [5.41, 5.74) is 3.19. The second-order valence-electron chi connectivity index (χ2n) is 4.69. The first-order chi connectivity index (χ1) is 8.18. The van der Waals surface area contributed by atoms with Crippen molar-refractivity contribution in [3.63, 3.8) is 0 Å². The van der Waals surface area contributed by atoms with E-state index in [2.05, 4.69) is 41.5 Å². The maximum atomic E-state index is 4.66. The van der Waals surface area contributed by atoms with Crippen molar-refractivity contribution in [3.05, 3.63) is 36.3 Å². The molecule has 0 radical (unpaired) electrons. The molecule has 3 nitrogen and oxygen atoms in total. The molecule has 0 bridgehead atoms. The number of benzene rings is 1. The first kappa shape index (κ1) is 12.8. The van der Waals surface area contributed by atoms with Crippen molar-refractivity contribution in [1.82, 2.24) is 14.5 Å². The molecule has 0 unspecified atom stereocenters. The van der Waals surface area contributed by atoms with Crippen LogP contribution < -0.4 is 0 Å². The smallest absolute Gasteiger partial charge is 0.112 e. The van der Waals surface area contributed by atoms with E-state index in [0.717, 1.165) is 16.9 Å². The van der Waals surface area contributed by atoms with Gasteiger partial charge in [-0.3, -0.25) is 4.98 Å². The SMILES string of the molecule is CC(C)c1nc2cnc3ccccc3c2n1C.Cl. The minimum Gasteiger partial charge on any atom is -0.330 e. The van der Waals surface area contributed by atoms with Crippen LogP contribution >= 0.6 is 12.4 Å². The second kappa shape index (κ2) is 4.58. The Morgan fingerprint density at radius 1 is 1.11 bits per heavy atom. The largest absolute Gasteiger partial charge is 0.330 e. The molecule has 0 fully saturated rings. The average Bonchev–Trinajstić information content (AvgIpc) is 2.67. The van der Waals surface area contributed by atoms with Gasteiger partial charge >= 0.3 is 0 Å². The third-order valence-corrected chi connectivity index (χ3v) is 3.16. The lowest BCUT2D eigenvalue weighted by atomic mass is 10.2. The van der Waals surface area contributed by atoms with Crippen LogP contribution in [0.15, 0.2) is 30.5 Å². The molecule has 0 aliphatic heterocycles. The van der Waals surface area contributed by atoms with Crippen LogP contribution in [0.5, 0.6) is 0 Å². The Morgan fingerprint density at radius 2 is 1.83 bits per heavy atom. The van der Waals surface area contributed by atoms with Gasteiger partial charge in [0.25, 0.3) is 0 Å². The summed E-state index contributed by atoms with van der Waals surface area (Å²) in [5.74, 6) is 1.53. The standard InChI is InChI=1S/C14H15N3.ClH/c1-9(2)14-16-12-8-15-11-7-5-4-6-10(11)13(12)17(14)3;/h4-9H,1-3H3;1H. The van der Waals surface area contributed by atoms with Crippen molar-refractivity contribution < 1.29 is 0 Å². The number of aromatic nitrogens is 3. The number of pyridine rings is 1. The van der Waals surface area contributed by atoms with E-state index in [1.165, 1.54) is 10.9 Å². The van der Waals surface area contributed by atoms with Gasteiger partial charge in [0.15, 0.2) is 0 Å². The van der Waals surface area contributed by atoms with Gasteiger partial charge in [0, 0.05) is 18.4 Å². The van der Waals surface area contributed by atoms with Gasteiger partial charge in [0.05, 0.1) is 17.2 Å². The van der Waals surface area contributed by atoms with Gasteiger partial charge in [-0.15, -0.1) is 12.4 Å². The molecule has 0 atom stereocenters. The normalized spacial score (nSPS) is 11.1. The van der Waals surface area contributed by atoms with Gasteiger partial charge in [-0.25, -0.2) is 4.98 Å². The predicted octanol–water partition coefficient (Wildman–Crippen LogP) is 3.67. The Labute approximate surface area is 112 Å². The van der Waals surface area contributed by atoms with Crippen LogP contribution in [-0.2, 0) is 7.05 Å². The van der Waals surface area contributed by atoms with Crippen molar-refractivity contribution in [2.75, 3.05) is 0 Å². The summed E-state index contributed by atoms with van der Waals surface area (Å²) < 4.78 is 2.18. The summed E-state index contributed by atoms with van der Waals surface area (Å²) in [6.45, 7) is 4.33. The van der Waals surface area contributed by atoms with E-state index in [-0.39, 0.29) is 12.4 Å².